The summed E-state index contributed by atoms with van der Waals surface area (Å²) in [6.07, 6.45) is 0. The quantitative estimate of drug-likeness (QED) is 0.590. The number of carbonyl (C=O) groups is 1. The first-order chi connectivity index (χ1) is 14.5. The molecule has 0 saturated carbocycles. The van der Waals surface area contributed by atoms with E-state index < -0.39 is 0 Å². The Bertz CT molecular complexity index is 1050. The van der Waals surface area contributed by atoms with Crippen LogP contribution >= 0.6 is 22.9 Å². The van der Waals surface area contributed by atoms with E-state index >= 15 is 0 Å². The van der Waals surface area contributed by atoms with Crippen LogP contribution in [0.5, 0.6) is 17.2 Å². The monoisotopic (exact) mass is 447 g/mol. The average Bonchev–Trinajstić information content (AvgIpc) is 3.23. The number of methoxy groups -OCH3 is 3. The number of hydrogen-bond acceptors (Lipinski definition) is 7. The molecule has 2 heterocycles. The molecule has 1 aliphatic rings. The number of halogens is 1. The summed E-state index contributed by atoms with van der Waals surface area (Å²) in [5.41, 5.74) is 1.33. The number of anilines is 1. The van der Waals surface area contributed by atoms with E-state index in [-0.39, 0.29) is 5.91 Å². The highest BCUT2D eigenvalue weighted by molar-refractivity contribution is 7.22. The third kappa shape index (κ3) is 3.73. The summed E-state index contributed by atoms with van der Waals surface area (Å²) >= 11 is 7.87. The van der Waals surface area contributed by atoms with Crippen LogP contribution in [0, 0.1) is 0 Å². The summed E-state index contributed by atoms with van der Waals surface area (Å²) in [6.45, 7) is 2.60. The van der Waals surface area contributed by atoms with Crippen molar-refractivity contribution in [1.29, 1.82) is 0 Å². The van der Waals surface area contributed by atoms with Gasteiger partial charge in [-0.1, -0.05) is 29.0 Å². The lowest BCUT2D eigenvalue weighted by Gasteiger charge is -2.34. The molecule has 1 saturated heterocycles. The van der Waals surface area contributed by atoms with Gasteiger partial charge < -0.3 is 24.0 Å². The third-order valence-electron chi connectivity index (χ3n) is 5.11. The summed E-state index contributed by atoms with van der Waals surface area (Å²) in [7, 11) is 4.61. The molecule has 0 N–H and O–H groups in total. The van der Waals surface area contributed by atoms with Crippen molar-refractivity contribution >= 4 is 44.2 Å². The van der Waals surface area contributed by atoms with Crippen molar-refractivity contribution in [2.24, 2.45) is 0 Å². The van der Waals surface area contributed by atoms with Crippen molar-refractivity contribution in [2.75, 3.05) is 52.4 Å². The van der Waals surface area contributed by atoms with Gasteiger partial charge in [0.1, 0.15) is 5.52 Å². The molecular formula is C21H22ClN3O4S. The number of aromatic nitrogens is 1. The summed E-state index contributed by atoms with van der Waals surface area (Å²) in [4.78, 5) is 21.8. The lowest BCUT2D eigenvalue weighted by atomic mass is 10.1. The van der Waals surface area contributed by atoms with Crippen LogP contribution in [0.1, 0.15) is 10.4 Å². The lowest BCUT2D eigenvalue weighted by Crippen LogP contribution is -2.48. The second-order valence-corrected chi connectivity index (χ2v) is 8.19. The Morgan fingerprint density at radius 1 is 1.03 bits per heavy atom. The van der Waals surface area contributed by atoms with Crippen LogP contribution in [0.3, 0.4) is 0 Å². The molecule has 2 aromatic carbocycles. The third-order valence-corrected chi connectivity index (χ3v) is 6.49. The predicted octanol–water partition coefficient (Wildman–Crippen LogP) is 3.94. The number of hydrogen-bond donors (Lipinski definition) is 0. The molecule has 4 rings (SSSR count). The van der Waals surface area contributed by atoms with E-state index in [4.69, 9.17) is 30.8 Å². The molecule has 158 valence electrons. The number of carbonyl (C=O) groups excluding carboxylic acids is 1. The van der Waals surface area contributed by atoms with E-state index in [1.807, 2.05) is 23.1 Å². The number of para-hydroxylation sites is 1. The Kier molecular flexibility index (Phi) is 5.87. The Morgan fingerprint density at radius 3 is 2.27 bits per heavy atom. The number of piperazine rings is 1. The van der Waals surface area contributed by atoms with Gasteiger partial charge in [0.2, 0.25) is 5.75 Å². The number of thiazole rings is 1. The minimum Gasteiger partial charge on any atom is -0.493 e. The molecule has 0 spiro atoms. The Morgan fingerprint density at radius 2 is 1.70 bits per heavy atom. The number of ether oxygens (including phenoxy) is 3. The fourth-order valence-electron chi connectivity index (χ4n) is 3.53. The van der Waals surface area contributed by atoms with E-state index in [1.165, 1.54) is 21.3 Å². The molecule has 0 bridgehead atoms. The normalized spacial score (nSPS) is 14.1. The van der Waals surface area contributed by atoms with Gasteiger partial charge in [0.15, 0.2) is 16.6 Å². The average molecular weight is 448 g/mol. The van der Waals surface area contributed by atoms with Gasteiger partial charge in [0, 0.05) is 31.7 Å². The standard InChI is InChI=1S/C21H22ClN3O4S/c1-27-15-11-13(12-16(28-2)19(15)29-3)20(26)24-7-9-25(10-8-24)21-23-18-14(22)5-4-6-17(18)30-21/h4-6,11-12H,7-10H2,1-3H3. The molecular weight excluding hydrogens is 426 g/mol. The minimum atomic E-state index is -0.0683. The van der Waals surface area contributed by atoms with Crippen molar-refractivity contribution in [3.63, 3.8) is 0 Å². The smallest absolute Gasteiger partial charge is 0.254 e. The summed E-state index contributed by atoms with van der Waals surface area (Å²) < 4.78 is 17.1. The highest BCUT2D eigenvalue weighted by atomic mass is 35.5. The van der Waals surface area contributed by atoms with E-state index in [2.05, 4.69) is 4.90 Å². The van der Waals surface area contributed by atoms with Crippen LogP contribution in [0.15, 0.2) is 30.3 Å². The summed E-state index contributed by atoms with van der Waals surface area (Å²) in [5, 5.41) is 1.59. The Hall–Kier alpha value is -2.71. The van der Waals surface area contributed by atoms with Gasteiger partial charge in [-0.15, -0.1) is 0 Å². The summed E-state index contributed by atoms with van der Waals surface area (Å²) in [5.74, 6) is 1.33. The van der Waals surface area contributed by atoms with Crippen LogP contribution in [0.25, 0.3) is 10.2 Å². The SMILES string of the molecule is COc1cc(C(=O)N2CCN(c3nc4c(Cl)cccc4s3)CC2)cc(OC)c1OC. The molecule has 0 unspecified atom stereocenters. The molecule has 0 aliphatic carbocycles. The van der Waals surface area contributed by atoms with E-state index in [9.17, 15) is 4.79 Å². The van der Waals surface area contributed by atoms with Gasteiger partial charge in [-0.25, -0.2) is 4.98 Å². The molecule has 0 radical (unpaired) electrons. The first-order valence-electron chi connectivity index (χ1n) is 9.45. The van der Waals surface area contributed by atoms with Gasteiger partial charge in [-0.2, -0.15) is 0 Å². The van der Waals surface area contributed by atoms with Crippen LogP contribution < -0.4 is 19.1 Å². The van der Waals surface area contributed by atoms with Crippen LogP contribution in [0.2, 0.25) is 5.02 Å². The van der Waals surface area contributed by atoms with Gasteiger partial charge in [-0.05, 0) is 24.3 Å². The molecule has 9 heteroatoms. The highest BCUT2D eigenvalue weighted by Crippen LogP contribution is 2.38. The molecule has 1 fully saturated rings. The zero-order valence-corrected chi connectivity index (χ0v) is 18.5. The maximum Gasteiger partial charge on any atom is 0.254 e. The number of amides is 1. The van der Waals surface area contributed by atoms with Crippen molar-refractivity contribution in [3.05, 3.63) is 40.9 Å². The van der Waals surface area contributed by atoms with Gasteiger partial charge in [0.05, 0.1) is 31.1 Å². The second kappa shape index (κ2) is 8.57. The second-order valence-electron chi connectivity index (χ2n) is 6.78. The van der Waals surface area contributed by atoms with Crippen molar-refractivity contribution in [3.8, 4) is 17.2 Å². The molecule has 7 nitrogen and oxygen atoms in total. The molecule has 1 aromatic heterocycles. The highest BCUT2D eigenvalue weighted by Gasteiger charge is 2.26. The number of benzene rings is 2. The summed E-state index contributed by atoms with van der Waals surface area (Å²) in [6, 6.07) is 9.17. The van der Waals surface area contributed by atoms with Crippen LogP contribution in [0.4, 0.5) is 5.13 Å². The fourth-order valence-corrected chi connectivity index (χ4v) is 4.84. The van der Waals surface area contributed by atoms with Gasteiger partial charge in [0.25, 0.3) is 5.91 Å². The molecule has 1 aliphatic heterocycles. The van der Waals surface area contributed by atoms with E-state index in [1.54, 1.807) is 23.5 Å². The fraction of sp³-hybridized carbons (Fsp3) is 0.333. The van der Waals surface area contributed by atoms with E-state index in [0.717, 1.165) is 15.3 Å². The zero-order valence-electron chi connectivity index (χ0n) is 17.0. The molecule has 3 aromatic rings. The lowest BCUT2D eigenvalue weighted by molar-refractivity contribution is 0.0746. The van der Waals surface area contributed by atoms with E-state index in [0.29, 0.717) is 54.0 Å². The number of nitrogens with zero attached hydrogens (tertiary/aromatic N) is 3. The first kappa shape index (κ1) is 20.6. The maximum atomic E-state index is 13.1. The van der Waals surface area contributed by atoms with Crippen molar-refractivity contribution in [2.45, 2.75) is 0 Å². The van der Waals surface area contributed by atoms with Crippen LogP contribution in [-0.4, -0.2) is 63.3 Å². The topological polar surface area (TPSA) is 64.1 Å². The molecule has 30 heavy (non-hydrogen) atoms. The first-order valence-corrected chi connectivity index (χ1v) is 10.6. The molecule has 1 amide bonds. The van der Waals surface area contributed by atoms with Gasteiger partial charge >= 0.3 is 0 Å². The zero-order chi connectivity index (χ0) is 21.3. The van der Waals surface area contributed by atoms with Gasteiger partial charge in [-0.3, -0.25) is 4.79 Å². The minimum absolute atomic E-state index is 0.0683. The largest absolute Gasteiger partial charge is 0.493 e. The predicted molar refractivity (Wildman–Crippen MR) is 119 cm³/mol. The number of rotatable bonds is 5. The Labute approximate surface area is 183 Å². The maximum absolute atomic E-state index is 13.1. The van der Waals surface area contributed by atoms with Crippen molar-refractivity contribution < 1.29 is 19.0 Å². The molecule has 0 atom stereocenters. The number of fused-ring (bicyclic) bond motifs is 1. The Balaban J connectivity index is 1.49. The van der Waals surface area contributed by atoms with Crippen LogP contribution in [-0.2, 0) is 0 Å². The van der Waals surface area contributed by atoms with Crippen molar-refractivity contribution in [1.82, 2.24) is 9.88 Å².